The van der Waals surface area contributed by atoms with Crippen molar-refractivity contribution in [3.05, 3.63) is 12.3 Å². The molecule has 0 aliphatic heterocycles. The first-order valence-corrected chi connectivity index (χ1v) is 8.04. The molecule has 2 heteroatoms. The van der Waals surface area contributed by atoms with Crippen molar-refractivity contribution in [1.82, 2.24) is 0 Å². The van der Waals surface area contributed by atoms with Crippen LogP contribution in [0.2, 0.25) is 0 Å². The molecular formula is C15H28OS. The van der Waals surface area contributed by atoms with Gasteiger partial charge in [0.05, 0.1) is 12.4 Å². The Bertz CT molecular complexity index is 247. The van der Waals surface area contributed by atoms with Gasteiger partial charge in [0.15, 0.2) is 0 Å². The van der Waals surface area contributed by atoms with Gasteiger partial charge in [-0.15, -0.1) is 0 Å². The number of thioether (sulfide) groups is 1. The summed E-state index contributed by atoms with van der Waals surface area (Å²) in [4.78, 5) is 0. The molecular weight excluding hydrogens is 228 g/mol. The molecule has 0 heterocycles. The SMILES string of the molecule is C=C(OCCSCC)[C@@H]1[C@@H](C)CCCC1(C)C. The molecule has 0 aromatic rings. The Balaban J connectivity index is 2.47. The Morgan fingerprint density at radius 3 is 2.76 bits per heavy atom. The van der Waals surface area contributed by atoms with Gasteiger partial charge in [0.25, 0.3) is 0 Å². The van der Waals surface area contributed by atoms with Gasteiger partial charge < -0.3 is 4.74 Å². The minimum Gasteiger partial charge on any atom is -0.497 e. The normalized spacial score (nSPS) is 27.8. The maximum Gasteiger partial charge on any atom is 0.0967 e. The molecule has 1 fully saturated rings. The van der Waals surface area contributed by atoms with Crippen molar-refractivity contribution in [2.75, 3.05) is 18.1 Å². The Labute approximate surface area is 111 Å². The van der Waals surface area contributed by atoms with Gasteiger partial charge in [0.2, 0.25) is 0 Å². The van der Waals surface area contributed by atoms with Crippen LogP contribution in [0, 0.1) is 17.3 Å². The zero-order valence-electron chi connectivity index (χ0n) is 11.9. The van der Waals surface area contributed by atoms with E-state index in [4.69, 9.17) is 4.74 Å². The molecule has 0 amide bonds. The molecule has 0 saturated heterocycles. The zero-order chi connectivity index (χ0) is 12.9. The Hall–Kier alpha value is -0.110. The summed E-state index contributed by atoms with van der Waals surface area (Å²) < 4.78 is 5.87. The number of rotatable bonds is 6. The van der Waals surface area contributed by atoms with Crippen LogP contribution in [0.25, 0.3) is 0 Å². The molecule has 0 aromatic heterocycles. The molecule has 1 aliphatic rings. The first-order valence-electron chi connectivity index (χ1n) is 6.88. The van der Waals surface area contributed by atoms with Crippen molar-refractivity contribution < 1.29 is 4.74 Å². The molecule has 17 heavy (non-hydrogen) atoms. The average Bonchev–Trinajstić information content (AvgIpc) is 2.23. The maximum absolute atomic E-state index is 5.87. The highest BCUT2D eigenvalue weighted by molar-refractivity contribution is 7.99. The number of allylic oxidation sites excluding steroid dienone is 1. The summed E-state index contributed by atoms with van der Waals surface area (Å²) in [5.74, 6) is 4.52. The van der Waals surface area contributed by atoms with E-state index in [1.54, 1.807) is 0 Å². The molecule has 0 bridgehead atoms. The Morgan fingerprint density at radius 1 is 1.47 bits per heavy atom. The van der Waals surface area contributed by atoms with E-state index >= 15 is 0 Å². The van der Waals surface area contributed by atoms with E-state index in [0.29, 0.717) is 17.3 Å². The van der Waals surface area contributed by atoms with Gasteiger partial charge in [-0.25, -0.2) is 0 Å². The van der Waals surface area contributed by atoms with Gasteiger partial charge >= 0.3 is 0 Å². The van der Waals surface area contributed by atoms with Crippen molar-refractivity contribution in [2.45, 2.75) is 47.0 Å². The van der Waals surface area contributed by atoms with Crippen molar-refractivity contribution >= 4 is 11.8 Å². The van der Waals surface area contributed by atoms with Gasteiger partial charge in [-0.05, 0) is 29.9 Å². The summed E-state index contributed by atoms with van der Waals surface area (Å²) in [6.45, 7) is 14.3. The summed E-state index contributed by atoms with van der Waals surface area (Å²) in [7, 11) is 0. The first kappa shape index (κ1) is 14.9. The van der Waals surface area contributed by atoms with Crippen molar-refractivity contribution in [2.24, 2.45) is 17.3 Å². The molecule has 0 aromatic carbocycles. The maximum atomic E-state index is 5.87. The van der Waals surface area contributed by atoms with E-state index < -0.39 is 0 Å². The monoisotopic (exact) mass is 256 g/mol. The van der Waals surface area contributed by atoms with Crippen molar-refractivity contribution in [1.29, 1.82) is 0 Å². The number of hydrogen-bond acceptors (Lipinski definition) is 2. The minimum atomic E-state index is 0.354. The molecule has 0 radical (unpaired) electrons. The zero-order valence-corrected chi connectivity index (χ0v) is 12.7. The van der Waals surface area contributed by atoms with Gasteiger partial charge in [-0.1, -0.05) is 40.7 Å². The molecule has 0 N–H and O–H groups in total. The Morgan fingerprint density at radius 2 is 2.18 bits per heavy atom. The van der Waals surface area contributed by atoms with Crippen LogP contribution < -0.4 is 0 Å². The molecule has 2 atom stereocenters. The van der Waals surface area contributed by atoms with Gasteiger partial charge in [0, 0.05) is 11.7 Å². The van der Waals surface area contributed by atoms with Crippen LogP contribution in [0.5, 0.6) is 0 Å². The van der Waals surface area contributed by atoms with Crippen LogP contribution in [-0.4, -0.2) is 18.1 Å². The van der Waals surface area contributed by atoms with E-state index in [9.17, 15) is 0 Å². The topological polar surface area (TPSA) is 9.23 Å². The second-order valence-corrected chi connectivity index (χ2v) is 7.24. The summed E-state index contributed by atoms with van der Waals surface area (Å²) in [6.07, 6.45) is 3.97. The molecule has 1 rings (SSSR count). The summed E-state index contributed by atoms with van der Waals surface area (Å²) in [6, 6.07) is 0. The van der Waals surface area contributed by atoms with Gasteiger partial charge in [0.1, 0.15) is 0 Å². The third-order valence-corrected chi connectivity index (χ3v) is 4.82. The van der Waals surface area contributed by atoms with Crippen molar-refractivity contribution in [3.8, 4) is 0 Å². The molecule has 1 nitrogen and oxygen atoms in total. The fourth-order valence-corrected chi connectivity index (χ4v) is 3.68. The summed E-state index contributed by atoms with van der Waals surface area (Å²) >= 11 is 1.93. The fraction of sp³-hybridized carbons (Fsp3) is 0.867. The highest BCUT2D eigenvalue weighted by Gasteiger charge is 2.39. The van der Waals surface area contributed by atoms with Crippen LogP contribution in [-0.2, 0) is 4.74 Å². The molecule has 100 valence electrons. The number of ether oxygens (including phenoxy) is 1. The summed E-state index contributed by atoms with van der Waals surface area (Å²) in [5.41, 5.74) is 0.354. The lowest BCUT2D eigenvalue weighted by Crippen LogP contribution is -2.35. The second-order valence-electron chi connectivity index (χ2n) is 5.85. The van der Waals surface area contributed by atoms with Gasteiger partial charge in [-0.3, -0.25) is 0 Å². The van der Waals surface area contributed by atoms with E-state index in [0.717, 1.165) is 18.1 Å². The summed E-state index contributed by atoms with van der Waals surface area (Å²) in [5, 5.41) is 0. The first-order chi connectivity index (χ1) is 7.99. The van der Waals surface area contributed by atoms with Crippen molar-refractivity contribution in [3.63, 3.8) is 0 Å². The van der Waals surface area contributed by atoms with Crippen LogP contribution in [0.15, 0.2) is 12.3 Å². The Kier molecular flexibility index (Phi) is 5.91. The van der Waals surface area contributed by atoms with Crippen LogP contribution >= 0.6 is 11.8 Å². The van der Waals surface area contributed by atoms with Crippen LogP contribution in [0.1, 0.15) is 47.0 Å². The van der Waals surface area contributed by atoms with Crippen LogP contribution in [0.3, 0.4) is 0 Å². The lowest BCUT2D eigenvalue weighted by molar-refractivity contribution is 0.0536. The third kappa shape index (κ3) is 4.24. The van der Waals surface area contributed by atoms with Gasteiger partial charge in [-0.2, -0.15) is 11.8 Å². The molecule has 0 unspecified atom stereocenters. The molecule has 1 aliphatic carbocycles. The highest BCUT2D eigenvalue weighted by Crippen LogP contribution is 2.47. The fourth-order valence-electron chi connectivity index (χ4n) is 3.19. The standard InChI is InChI=1S/C15H28OS/c1-6-17-11-10-16-13(3)14-12(2)8-7-9-15(14,4)5/h12,14H,3,6-11H2,1-2,4-5H3/t12-,14-/m0/s1. The smallest absolute Gasteiger partial charge is 0.0967 e. The highest BCUT2D eigenvalue weighted by atomic mass is 32.2. The van der Waals surface area contributed by atoms with E-state index in [-0.39, 0.29) is 0 Å². The lowest BCUT2D eigenvalue weighted by Gasteiger charge is -2.43. The predicted octanol–water partition coefficient (Wildman–Crippen LogP) is 4.73. The van der Waals surface area contributed by atoms with E-state index in [2.05, 4.69) is 34.3 Å². The largest absolute Gasteiger partial charge is 0.497 e. The third-order valence-electron chi connectivity index (χ3n) is 3.96. The van der Waals surface area contributed by atoms with E-state index in [1.165, 1.54) is 25.0 Å². The molecule has 1 saturated carbocycles. The number of hydrogen-bond donors (Lipinski definition) is 0. The molecule has 0 spiro atoms. The van der Waals surface area contributed by atoms with Crippen LogP contribution in [0.4, 0.5) is 0 Å². The minimum absolute atomic E-state index is 0.354. The average molecular weight is 256 g/mol. The second kappa shape index (κ2) is 6.72. The lowest BCUT2D eigenvalue weighted by atomic mass is 9.63. The van der Waals surface area contributed by atoms with E-state index in [1.807, 2.05) is 11.8 Å². The predicted molar refractivity (Wildman–Crippen MR) is 78.4 cm³/mol. The quantitative estimate of drug-likeness (QED) is 0.502.